The van der Waals surface area contributed by atoms with Crippen molar-refractivity contribution in [3.8, 4) is 22.6 Å². The average molecular weight is 416 g/mol. The fraction of sp³-hybridized carbons (Fsp3) is 0.286. The van der Waals surface area contributed by atoms with Crippen molar-refractivity contribution < 1.29 is 39.4 Å². The largest absolute Gasteiger partial charge is 0.508 e. The van der Waals surface area contributed by atoms with Gasteiger partial charge in [-0.3, -0.25) is 4.79 Å². The normalized spacial score (nSPS) is 26.6. The summed E-state index contributed by atoms with van der Waals surface area (Å²) < 4.78 is 16.4. The fourth-order valence-electron chi connectivity index (χ4n) is 3.32. The second kappa shape index (κ2) is 8.05. The summed E-state index contributed by atoms with van der Waals surface area (Å²) in [5.74, 6) is 0.270. The molecule has 0 bridgehead atoms. The molecule has 0 amide bonds. The van der Waals surface area contributed by atoms with E-state index in [2.05, 4.69) is 0 Å². The van der Waals surface area contributed by atoms with Crippen LogP contribution < -0.4 is 10.2 Å². The number of phenolic OH excluding ortho intramolecular Hbond substituents is 1. The Morgan fingerprint density at radius 2 is 1.70 bits per heavy atom. The molecule has 0 aliphatic carbocycles. The maximum absolute atomic E-state index is 12.8. The van der Waals surface area contributed by atoms with Gasteiger partial charge in [-0.15, -0.1) is 0 Å². The molecule has 1 saturated heterocycles. The van der Waals surface area contributed by atoms with Crippen LogP contribution in [0.3, 0.4) is 0 Å². The van der Waals surface area contributed by atoms with Gasteiger partial charge in [0, 0.05) is 6.07 Å². The van der Waals surface area contributed by atoms with Gasteiger partial charge in [-0.25, -0.2) is 0 Å². The highest BCUT2D eigenvalue weighted by Crippen LogP contribution is 2.27. The number of rotatable bonds is 4. The van der Waals surface area contributed by atoms with Crippen molar-refractivity contribution in [3.63, 3.8) is 0 Å². The molecular weight excluding hydrogens is 396 g/mol. The number of aliphatic hydroxyl groups excluding tert-OH is 4. The molecule has 5 atom stereocenters. The molecular formula is C21H20O9. The minimum Gasteiger partial charge on any atom is -0.508 e. The molecule has 158 valence electrons. The Hall–Kier alpha value is -2.95. The molecule has 1 aliphatic rings. The van der Waals surface area contributed by atoms with Crippen LogP contribution in [0.15, 0.2) is 57.9 Å². The zero-order chi connectivity index (χ0) is 21.4. The highest BCUT2D eigenvalue weighted by Gasteiger charge is 2.44. The van der Waals surface area contributed by atoms with Crippen LogP contribution in [0.1, 0.15) is 0 Å². The standard InChI is InChI=1S/C21H20O9/c22-8-16-18(25)19(26)20(27)21(30-16)29-12-5-6-13-15(7-12)28-9-14(17(13)24)10-1-3-11(23)4-2-10/h1-7,9,16,18-23,25-27H,8H2/t16-,18+,19+,20+,21-/m0/s1. The van der Waals surface area contributed by atoms with Gasteiger partial charge in [-0.05, 0) is 29.8 Å². The highest BCUT2D eigenvalue weighted by atomic mass is 16.7. The van der Waals surface area contributed by atoms with Crippen molar-refractivity contribution in [1.29, 1.82) is 0 Å². The van der Waals surface area contributed by atoms with Gasteiger partial charge in [0.2, 0.25) is 6.29 Å². The molecule has 2 heterocycles. The van der Waals surface area contributed by atoms with E-state index in [1.165, 1.54) is 36.6 Å². The SMILES string of the molecule is O=c1c(-c2ccc(O)cc2)coc2cc(O[C@H]3O[C@@H](CO)[C@@H](O)[C@@H](O)[C@H]3O)ccc12. The van der Waals surface area contributed by atoms with E-state index in [4.69, 9.17) is 13.9 Å². The van der Waals surface area contributed by atoms with Gasteiger partial charge >= 0.3 is 0 Å². The summed E-state index contributed by atoms with van der Waals surface area (Å²) in [5, 5.41) is 48.7. The number of hydrogen-bond donors (Lipinski definition) is 5. The predicted molar refractivity (Wildman–Crippen MR) is 104 cm³/mol. The van der Waals surface area contributed by atoms with Crippen LogP contribution in [-0.2, 0) is 4.74 Å². The van der Waals surface area contributed by atoms with Crippen molar-refractivity contribution in [2.24, 2.45) is 0 Å². The fourth-order valence-corrected chi connectivity index (χ4v) is 3.32. The van der Waals surface area contributed by atoms with Crippen molar-refractivity contribution in [2.75, 3.05) is 6.61 Å². The van der Waals surface area contributed by atoms with Gasteiger partial charge < -0.3 is 39.4 Å². The third-order valence-electron chi connectivity index (χ3n) is 5.03. The molecule has 1 fully saturated rings. The Morgan fingerprint density at radius 1 is 0.967 bits per heavy atom. The minimum absolute atomic E-state index is 0.0823. The maximum atomic E-state index is 12.8. The molecule has 9 heteroatoms. The second-order valence-corrected chi connectivity index (χ2v) is 7.00. The van der Waals surface area contributed by atoms with Crippen LogP contribution >= 0.6 is 0 Å². The number of hydrogen-bond acceptors (Lipinski definition) is 9. The number of fused-ring (bicyclic) bond motifs is 1. The van der Waals surface area contributed by atoms with E-state index < -0.39 is 37.3 Å². The van der Waals surface area contributed by atoms with E-state index in [-0.39, 0.29) is 22.5 Å². The molecule has 30 heavy (non-hydrogen) atoms. The van der Waals surface area contributed by atoms with E-state index in [0.717, 1.165) is 0 Å². The number of aliphatic hydroxyl groups is 4. The van der Waals surface area contributed by atoms with E-state index >= 15 is 0 Å². The summed E-state index contributed by atoms with van der Waals surface area (Å²) in [6.45, 7) is -0.572. The third kappa shape index (κ3) is 3.64. The lowest BCUT2D eigenvalue weighted by Gasteiger charge is -2.39. The van der Waals surface area contributed by atoms with Crippen molar-refractivity contribution in [1.82, 2.24) is 0 Å². The van der Waals surface area contributed by atoms with Crippen molar-refractivity contribution in [2.45, 2.75) is 30.7 Å². The van der Waals surface area contributed by atoms with Gasteiger partial charge in [-0.1, -0.05) is 12.1 Å². The van der Waals surface area contributed by atoms with Crippen LogP contribution in [0, 0.1) is 0 Å². The Morgan fingerprint density at radius 3 is 2.40 bits per heavy atom. The van der Waals surface area contributed by atoms with Crippen molar-refractivity contribution >= 4 is 11.0 Å². The molecule has 0 radical (unpaired) electrons. The lowest BCUT2D eigenvalue weighted by atomic mass is 9.99. The topological polar surface area (TPSA) is 150 Å². The monoisotopic (exact) mass is 416 g/mol. The van der Waals surface area contributed by atoms with Crippen LogP contribution in [0.25, 0.3) is 22.1 Å². The van der Waals surface area contributed by atoms with Crippen LogP contribution in [0.2, 0.25) is 0 Å². The van der Waals surface area contributed by atoms with Crippen molar-refractivity contribution in [3.05, 3.63) is 59.0 Å². The first-order valence-electron chi connectivity index (χ1n) is 9.21. The van der Waals surface area contributed by atoms with E-state index in [0.29, 0.717) is 16.5 Å². The summed E-state index contributed by atoms with van der Waals surface area (Å²) in [6.07, 6.45) is -5.75. The zero-order valence-electron chi connectivity index (χ0n) is 15.6. The molecule has 5 N–H and O–H groups in total. The molecule has 0 saturated carbocycles. The first-order valence-corrected chi connectivity index (χ1v) is 9.21. The minimum atomic E-state index is -1.56. The smallest absolute Gasteiger partial charge is 0.229 e. The summed E-state index contributed by atoms with van der Waals surface area (Å²) in [4.78, 5) is 12.8. The van der Waals surface area contributed by atoms with E-state index in [9.17, 15) is 30.3 Å². The summed E-state index contributed by atoms with van der Waals surface area (Å²) in [5.41, 5.74) is 0.862. The molecule has 1 aromatic heterocycles. The maximum Gasteiger partial charge on any atom is 0.229 e. The number of ether oxygens (including phenoxy) is 2. The quantitative estimate of drug-likeness (QED) is 0.406. The highest BCUT2D eigenvalue weighted by molar-refractivity contribution is 5.82. The predicted octanol–water partition coefficient (Wildman–Crippen LogP) is 0.344. The summed E-state index contributed by atoms with van der Waals surface area (Å²) >= 11 is 0. The van der Waals surface area contributed by atoms with Gasteiger partial charge in [0.05, 0.1) is 17.6 Å². The molecule has 9 nitrogen and oxygen atoms in total. The van der Waals surface area contributed by atoms with Crippen LogP contribution in [0.5, 0.6) is 11.5 Å². The Bertz CT molecular complexity index is 1090. The molecule has 2 aromatic carbocycles. The molecule has 1 aliphatic heterocycles. The Kier molecular flexibility index (Phi) is 5.46. The lowest BCUT2D eigenvalue weighted by Crippen LogP contribution is -2.60. The molecule has 0 spiro atoms. The molecule has 0 unspecified atom stereocenters. The van der Waals surface area contributed by atoms with Crippen LogP contribution in [-0.4, -0.2) is 62.8 Å². The Labute approximate surface area is 170 Å². The molecule has 3 aromatic rings. The van der Waals surface area contributed by atoms with Gasteiger partial charge in [0.25, 0.3) is 0 Å². The first-order chi connectivity index (χ1) is 14.4. The molecule has 4 rings (SSSR count). The average Bonchev–Trinajstić information content (AvgIpc) is 2.75. The lowest BCUT2D eigenvalue weighted by molar-refractivity contribution is -0.277. The second-order valence-electron chi connectivity index (χ2n) is 7.00. The summed E-state index contributed by atoms with van der Waals surface area (Å²) in [7, 11) is 0. The van der Waals surface area contributed by atoms with E-state index in [1.807, 2.05) is 0 Å². The zero-order valence-corrected chi connectivity index (χ0v) is 15.6. The summed E-state index contributed by atoms with van der Waals surface area (Å²) in [6, 6.07) is 10.5. The van der Waals surface area contributed by atoms with E-state index in [1.54, 1.807) is 12.1 Å². The third-order valence-corrected chi connectivity index (χ3v) is 5.03. The number of phenols is 1. The number of aromatic hydroxyl groups is 1. The number of benzene rings is 2. The van der Waals surface area contributed by atoms with Gasteiger partial charge in [0.15, 0.2) is 5.43 Å². The van der Waals surface area contributed by atoms with Gasteiger partial charge in [0.1, 0.15) is 47.8 Å². The Balaban J connectivity index is 1.62. The first kappa shape index (κ1) is 20.3. The van der Waals surface area contributed by atoms with Crippen LogP contribution in [0.4, 0.5) is 0 Å². The van der Waals surface area contributed by atoms with Gasteiger partial charge in [-0.2, -0.15) is 0 Å².